The van der Waals surface area contributed by atoms with Crippen molar-refractivity contribution in [1.82, 2.24) is 20.2 Å². The van der Waals surface area contributed by atoms with E-state index in [4.69, 9.17) is 0 Å². The van der Waals surface area contributed by atoms with E-state index in [1.54, 1.807) is 0 Å². The molecule has 0 aliphatic carbocycles. The molecule has 0 amide bonds. The van der Waals surface area contributed by atoms with Gasteiger partial charge in [0.2, 0.25) is 0 Å². The summed E-state index contributed by atoms with van der Waals surface area (Å²) in [6, 6.07) is 10.8. The van der Waals surface area contributed by atoms with Crippen molar-refractivity contribution in [2.75, 3.05) is 5.32 Å². The van der Waals surface area contributed by atoms with Crippen LogP contribution in [-0.4, -0.2) is 25.3 Å². The average Bonchev–Trinajstić information content (AvgIpc) is 3.16. The molecule has 3 N–H and O–H groups in total. The molecule has 0 spiro atoms. The number of para-hydroxylation sites is 1. The molecule has 0 atom stereocenters. The molecule has 0 aliphatic rings. The maximum Gasteiger partial charge on any atom is 0.417 e. The molecule has 166 valence electrons. The lowest BCUT2D eigenvalue weighted by atomic mass is 10.1. The van der Waals surface area contributed by atoms with Crippen molar-refractivity contribution in [3.63, 3.8) is 0 Å². The van der Waals surface area contributed by atoms with E-state index < -0.39 is 23.4 Å². The third-order valence-corrected chi connectivity index (χ3v) is 5.01. The molecule has 0 aliphatic heterocycles. The van der Waals surface area contributed by atoms with Gasteiger partial charge in [0.15, 0.2) is 17.5 Å². The largest absolute Gasteiger partial charge is 0.506 e. The van der Waals surface area contributed by atoms with E-state index in [0.29, 0.717) is 6.07 Å². The molecule has 0 saturated heterocycles. The van der Waals surface area contributed by atoms with Crippen LogP contribution in [0.2, 0.25) is 0 Å². The molecule has 0 fully saturated rings. The molecule has 6 nitrogen and oxygen atoms in total. The minimum atomic E-state index is -4.67. The maximum absolute atomic E-state index is 14.0. The second-order valence-corrected chi connectivity index (χ2v) is 7.12. The van der Waals surface area contributed by atoms with E-state index in [0.717, 1.165) is 12.1 Å². The first-order valence-corrected chi connectivity index (χ1v) is 9.49. The van der Waals surface area contributed by atoms with Crippen LogP contribution in [0.3, 0.4) is 0 Å². The van der Waals surface area contributed by atoms with Gasteiger partial charge in [-0.3, -0.25) is 5.10 Å². The van der Waals surface area contributed by atoms with Gasteiger partial charge in [-0.05, 0) is 24.3 Å². The van der Waals surface area contributed by atoms with Gasteiger partial charge in [-0.25, -0.2) is 18.7 Å². The number of anilines is 2. The number of nitrogens with zero attached hydrogens (tertiary/aromatic N) is 3. The van der Waals surface area contributed by atoms with Crippen molar-refractivity contribution >= 4 is 33.4 Å². The van der Waals surface area contributed by atoms with Crippen molar-refractivity contribution < 1.29 is 27.1 Å². The summed E-state index contributed by atoms with van der Waals surface area (Å²) in [7, 11) is 0. The van der Waals surface area contributed by atoms with E-state index in [2.05, 4.69) is 25.5 Å². The molecule has 33 heavy (non-hydrogen) atoms. The van der Waals surface area contributed by atoms with Crippen LogP contribution in [0.5, 0.6) is 5.75 Å². The molecule has 3 aromatic carbocycles. The molecular weight excluding hydrogens is 445 g/mol. The topological polar surface area (TPSA) is 86.7 Å². The van der Waals surface area contributed by atoms with E-state index in [1.165, 1.54) is 36.4 Å². The Morgan fingerprint density at radius 2 is 1.67 bits per heavy atom. The number of H-pyrrole nitrogens is 1. The first-order valence-electron chi connectivity index (χ1n) is 9.49. The lowest BCUT2D eigenvalue weighted by molar-refractivity contribution is -0.137. The number of phenolic OH excluding ortho intramolecular Hbond substituents is 1. The van der Waals surface area contributed by atoms with Crippen molar-refractivity contribution in [2.24, 2.45) is 0 Å². The summed E-state index contributed by atoms with van der Waals surface area (Å²) in [5, 5.41) is 19.8. The molecule has 0 bridgehead atoms. The number of hydrogen-bond acceptors (Lipinski definition) is 5. The number of rotatable bonds is 3. The van der Waals surface area contributed by atoms with Crippen LogP contribution in [0.4, 0.5) is 33.6 Å². The van der Waals surface area contributed by atoms with Gasteiger partial charge in [0.05, 0.1) is 10.9 Å². The zero-order valence-corrected chi connectivity index (χ0v) is 16.4. The minimum absolute atomic E-state index is 0.0122. The first-order chi connectivity index (χ1) is 15.7. The fourth-order valence-electron chi connectivity index (χ4n) is 3.53. The number of aromatic amines is 1. The highest BCUT2D eigenvalue weighted by Gasteiger charge is 2.34. The zero-order chi connectivity index (χ0) is 23.3. The molecule has 0 radical (unpaired) electrons. The summed E-state index contributed by atoms with van der Waals surface area (Å²) in [5.74, 6) is -2.32. The minimum Gasteiger partial charge on any atom is -0.506 e. The molecular formula is C22H12F5N5O. The van der Waals surface area contributed by atoms with Crippen LogP contribution in [-0.2, 0) is 6.18 Å². The fourth-order valence-corrected chi connectivity index (χ4v) is 3.53. The Morgan fingerprint density at radius 3 is 2.45 bits per heavy atom. The number of aromatic hydroxyl groups is 1. The molecule has 0 unspecified atom stereocenters. The summed E-state index contributed by atoms with van der Waals surface area (Å²) in [5.41, 5.74) is -1.34. The molecule has 2 heterocycles. The molecule has 2 aromatic heterocycles. The second-order valence-electron chi connectivity index (χ2n) is 7.12. The molecule has 5 rings (SSSR count). The lowest BCUT2D eigenvalue weighted by Crippen LogP contribution is -2.09. The summed E-state index contributed by atoms with van der Waals surface area (Å²) in [6.07, 6.45) is -4.67. The third kappa shape index (κ3) is 3.56. The first kappa shape index (κ1) is 20.6. The summed E-state index contributed by atoms with van der Waals surface area (Å²) < 4.78 is 68.5. The number of halogens is 5. The predicted octanol–water partition coefficient (Wildman–Crippen LogP) is 5.92. The Kier molecular flexibility index (Phi) is 4.62. The second kappa shape index (κ2) is 7.40. The number of fused-ring (bicyclic) bond motifs is 2. The number of phenols is 1. The van der Waals surface area contributed by atoms with Crippen molar-refractivity contribution in [3.8, 4) is 17.1 Å². The number of aromatic nitrogens is 4. The maximum atomic E-state index is 14.0. The standard InChI is InChI=1S/C22H12F5N5O/c23-10-8-13-17(15(24)9-10)31-32-21(13)30-20-12-5-3-7-16(33)18(12)28-19(29-20)11-4-1-2-6-14(11)22(25,26)27/h1-9,33H,(H2,28,29,30,31,32). The van der Waals surface area contributed by atoms with Crippen LogP contribution >= 0.6 is 0 Å². The molecule has 5 aromatic rings. The Hall–Kier alpha value is -4.28. The van der Waals surface area contributed by atoms with Gasteiger partial charge in [-0.15, -0.1) is 0 Å². The predicted molar refractivity (Wildman–Crippen MR) is 111 cm³/mol. The van der Waals surface area contributed by atoms with Gasteiger partial charge in [0, 0.05) is 17.0 Å². The van der Waals surface area contributed by atoms with E-state index in [1.807, 2.05) is 0 Å². The quantitative estimate of drug-likeness (QED) is 0.293. The molecule has 11 heteroatoms. The van der Waals surface area contributed by atoms with Crippen molar-refractivity contribution in [2.45, 2.75) is 6.18 Å². The Balaban J connectivity index is 1.74. The Bertz CT molecular complexity index is 1530. The summed E-state index contributed by atoms with van der Waals surface area (Å²) in [6.45, 7) is 0. The summed E-state index contributed by atoms with van der Waals surface area (Å²) >= 11 is 0. The van der Waals surface area contributed by atoms with Crippen LogP contribution in [0, 0.1) is 11.6 Å². The highest BCUT2D eigenvalue weighted by molar-refractivity contribution is 5.98. The highest BCUT2D eigenvalue weighted by Crippen LogP contribution is 2.38. The molecule has 0 saturated carbocycles. The monoisotopic (exact) mass is 457 g/mol. The lowest BCUT2D eigenvalue weighted by Gasteiger charge is -2.14. The van der Waals surface area contributed by atoms with Crippen molar-refractivity contribution in [1.29, 1.82) is 0 Å². The van der Waals surface area contributed by atoms with E-state index in [9.17, 15) is 27.1 Å². The third-order valence-electron chi connectivity index (χ3n) is 5.01. The fraction of sp³-hybridized carbons (Fsp3) is 0.0455. The van der Waals surface area contributed by atoms with Crippen LogP contribution in [0.25, 0.3) is 33.2 Å². The smallest absolute Gasteiger partial charge is 0.417 e. The van der Waals surface area contributed by atoms with Crippen molar-refractivity contribution in [3.05, 3.63) is 71.8 Å². The van der Waals surface area contributed by atoms with Crippen LogP contribution in [0.15, 0.2) is 54.6 Å². The van der Waals surface area contributed by atoms with Gasteiger partial charge in [0.25, 0.3) is 0 Å². The van der Waals surface area contributed by atoms with Gasteiger partial charge in [-0.2, -0.15) is 18.3 Å². The number of benzene rings is 3. The summed E-state index contributed by atoms with van der Waals surface area (Å²) in [4.78, 5) is 8.39. The van der Waals surface area contributed by atoms with Gasteiger partial charge < -0.3 is 10.4 Å². The average molecular weight is 457 g/mol. The number of alkyl halides is 3. The van der Waals surface area contributed by atoms with E-state index >= 15 is 0 Å². The SMILES string of the molecule is Oc1cccc2c(Nc3n[nH]c4c(F)cc(F)cc34)nc(-c3ccccc3C(F)(F)F)nc12. The zero-order valence-electron chi connectivity index (χ0n) is 16.4. The normalized spacial score (nSPS) is 11.9. The van der Waals surface area contributed by atoms with Gasteiger partial charge in [-0.1, -0.05) is 24.3 Å². The van der Waals surface area contributed by atoms with E-state index in [-0.39, 0.29) is 50.6 Å². The van der Waals surface area contributed by atoms with Gasteiger partial charge in [0.1, 0.15) is 28.4 Å². The Morgan fingerprint density at radius 1 is 0.879 bits per heavy atom. The van der Waals surface area contributed by atoms with Gasteiger partial charge >= 0.3 is 6.18 Å². The van der Waals surface area contributed by atoms with Crippen LogP contribution < -0.4 is 5.32 Å². The number of nitrogens with one attached hydrogen (secondary N) is 2. The Labute approximate surface area is 181 Å². The van der Waals surface area contributed by atoms with Crippen LogP contribution in [0.1, 0.15) is 5.56 Å². The highest BCUT2D eigenvalue weighted by atomic mass is 19.4. The number of hydrogen-bond donors (Lipinski definition) is 3.